The summed E-state index contributed by atoms with van der Waals surface area (Å²) < 4.78 is 0. The molecule has 0 saturated carbocycles. The van der Waals surface area contributed by atoms with Crippen LogP contribution in [0.1, 0.15) is 39.3 Å². The number of hydrogen-bond donors (Lipinski definition) is 1. The van der Waals surface area contributed by atoms with Crippen molar-refractivity contribution < 1.29 is 4.79 Å². The third kappa shape index (κ3) is 2.02. The Morgan fingerprint density at radius 1 is 1.24 bits per heavy atom. The minimum Gasteiger partial charge on any atom is -0.331 e. The maximum atomic E-state index is 12.0. The predicted molar refractivity (Wildman–Crippen MR) is 68.8 cm³/mol. The third-order valence-electron chi connectivity index (χ3n) is 3.30. The summed E-state index contributed by atoms with van der Waals surface area (Å²) in [6.07, 6.45) is 0. The van der Waals surface area contributed by atoms with E-state index in [0.29, 0.717) is 0 Å². The van der Waals surface area contributed by atoms with Crippen molar-refractivity contribution in [2.24, 2.45) is 0 Å². The zero-order valence-corrected chi connectivity index (χ0v) is 10.9. The lowest BCUT2D eigenvalue weighted by Crippen LogP contribution is -2.39. The number of benzene rings is 1. The van der Waals surface area contributed by atoms with Crippen LogP contribution in [0, 0.1) is 0 Å². The monoisotopic (exact) mass is 232 g/mol. The molecule has 1 aromatic rings. The smallest absolute Gasteiger partial charge is 0.318 e. The molecule has 1 aromatic carbocycles. The second-order valence-electron chi connectivity index (χ2n) is 5.47. The summed E-state index contributed by atoms with van der Waals surface area (Å²) in [5, 5.41) is 3.06. The molecular formula is C14H20N2O. The molecule has 3 nitrogen and oxygen atoms in total. The van der Waals surface area contributed by atoms with Gasteiger partial charge < -0.3 is 10.2 Å². The summed E-state index contributed by atoms with van der Waals surface area (Å²) in [5.74, 6) is 0. The summed E-state index contributed by atoms with van der Waals surface area (Å²) in [7, 11) is 0. The van der Waals surface area contributed by atoms with Crippen LogP contribution in [0.15, 0.2) is 30.3 Å². The first kappa shape index (κ1) is 12.0. The fourth-order valence-electron chi connectivity index (χ4n) is 2.62. The van der Waals surface area contributed by atoms with Crippen LogP contribution >= 0.6 is 0 Å². The van der Waals surface area contributed by atoms with Crippen LogP contribution < -0.4 is 5.32 Å². The summed E-state index contributed by atoms with van der Waals surface area (Å²) in [4.78, 5) is 14.0. The van der Waals surface area contributed by atoms with Gasteiger partial charge in [-0.1, -0.05) is 30.3 Å². The highest BCUT2D eigenvalue weighted by molar-refractivity contribution is 5.79. The molecule has 0 radical (unpaired) electrons. The maximum Gasteiger partial charge on any atom is 0.318 e. The van der Waals surface area contributed by atoms with E-state index in [0.717, 1.165) is 0 Å². The van der Waals surface area contributed by atoms with Gasteiger partial charge in [0.2, 0.25) is 0 Å². The van der Waals surface area contributed by atoms with E-state index in [1.54, 1.807) is 0 Å². The van der Waals surface area contributed by atoms with Gasteiger partial charge in [0, 0.05) is 6.04 Å². The summed E-state index contributed by atoms with van der Waals surface area (Å²) in [6, 6.07) is 10.5. The highest BCUT2D eigenvalue weighted by Gasteiger charge is 2.46. The molecule has 92 valence electrons. The van der Waals surface area contributed by atoms with E-state index in [1.807, 2.05) is 23.1 Å². The number of urea groups is 1. The summed E-state index contributed by atoms with van der Waals surface area (Å²) in [5.41, 5.74) is 0.951. The molecule has 17 heavy (non-hydrogen) atoms. The molecule has 3 heteroatoms. The first-order chi connectivity index (χ1) is 7.93. The van der Waals surface area contributed by atoms with Crippen molar-refractivity contribution in [1.82, 2.24) is 10.2 Å². The number of amides is 2. The first-order valence-corrected chi connectivity index (χ1v) is 6.09. The van der Waals surface area contributed by atoms with Gasteiger partial charge in [-0.05, 0) is 33.3 Å². The number of nitrogens with one attached hydrogen (secondary N) is 1. The molecule has 1 aliphatic heterocycles. The Kier molecular flexibility index (Phi) is 2.86. The predicted octanol–water partition coefficient (Wildman–Crippen LogP) is 2.94. The number of nitrogens with zero attached hydrogens (tertiary/aromatic N) is 1. The number of carbonyl (C=O) groups excluding carboxylic acids is 1. The zero-order chi connectivity index (χ0) is 12.6. The molecule has 1 heterocycles. The molecule has 2 amide bonds. The lowest BCUT2D eigenvalue weighted by atomic mass is 9.89. The Hall–Kier alpha value is -1.51. The number of hydrogen-bond acceptors (Lipinski definition) is 1. The van der Waals surface area contributed by atoms with Gasteiger partial charge in [-0.25, -0.2) is 4.79 Å². The van der Waals surface area contributed by atoms with E-state index in [2.05, 4.69) is 45.1 Å². The molecule has 1 fully saturated rings. The first-order valence-electron chi connectivity index (χ1n) is 6.09. The molecule has 1 atom stereocenters. The van der Waals surface area contributed by atoms with Crippen LogP contribution in [-0.2, 0) is 0 Å². The minimum absolute atomic E-state index is 0.0267. The molecule has 1 saturated heterocycles. The van der Waals surface area contributed by atoms with E-state index >= 15 is 0 Å². The van der Waals surface area contributed by atoms with E-state index in [9.17, 15) is 4.79 Å². The molecular weight excluding hydrogens is 212 g/mol. The normalized spacial score (nSPS) is 23.0. The molecule has 1 unspecified atom stereocenters. The lowest BCUT2D eigenvalue weighted by molar-refractivity contribution is 0.174. The van der Waals surface area contributed by atoms with Crippen molar-refractivity contribution in [3.8, 4) is 0 Å². The fraction of sp³-hybridized carbons (Fsp3) is 0.500. The highest BCUT2D eigenvalue weighted by Crippen LogP contribution is 2.37. The van der Waals surface area contributed by atoms with Crippen molar-refractivity contribution >= 4 is 6.03 Å². The van der Waals surface area contributed by atoms with Gasteiger partial charge in [0.05, 0.1) is 11.6 Å². The molecule has 0 spiro atoms. The molecule has 1 N–H and O–H groups in total. The van der Waals surface area contributed by atoms with Crippen molar-refractivity contribution in [1.29, 1.82) is 0 Å². The quantitative estimate of drug-likeness (QED) is 0.835. The molecule has 1 aliphatic rings. The zero-order valence-electron chi connectivity index (χ0n) is 10.9. The Morgan fingerprint density at radius 3 is 2.35 bits per heavy atom. The molecule has 2 rings (SSSR count). The van der Waals surface area contributed by atoms with Crippen molar-refractivity contribution in [3.63, 3.8) is 0 Å². The fourth-order valence-corrected chi connectivity index (χ4v) is 2.62. The summed E-state index contributed by atoms with van der Waals surface area (Å²) in [6.45, 7) is 8.25. The van der Waals surface area contributed by atoms with Gasteiger partial charge >= 0.3 is 6.03 Å². The van der Waals surface area contributed by atoms with Crippen LogP contribution in [0.5, 0.6) is 0 Å². The minimum atomic E-state index is -0.233. The Morgan fingerprint density at radius 2 is 1.82 bits per heavy atom. The standard InChI is InChI=1S/C14H20N2O/c1-10(2)16-12(11-8-6-5-7-9-11)14(3,4)15-13(16)17/h5-10,12H,1-4H3,(H,15,17). The van der Waals surface area contributed by atoms with Gasteiger partial charge in [-0.15, -0.1) is 0 Å². The van der Waals surface area contributed by atoms with E-state index < -0.39 is 0 Å². The van der Waals surface area contributed by atoms with Gasteiger partial charge in [0.15, 0.2) is 0 Å². The van der Waals surface area contributed by atoms with Crippen molar-refractivity contribution in [3.05, 3.63) is 35.9 Å². The Balaban J connectivity index is 2.44. The number of carbonyl (C=O) groups is 1. The average molecular weight is 232 g/mol. The molecule has 0 bridgehead atoms. The lowest BCUT2D eigenvalue weighted by Gasteiger charge is -2.33. The maximum absolute atomic E-state index is 12.0. The third-order valence-corrected chi connectivity index (χ3v) is 3.30. The Bertz CT molecular complexity index is 411. The van der Waals surface area contributed by atoms with Crippen LogP contribution in [0.3, 0.4) is 0 Å². The van der Waals surface area contributed by atoms with Gasteiger partial charge in [0.1, 0.15) is 0 Å². The highest BCUT2D eigenvalue weighted by atomic mass is 16.2. The van der Waals surface area contributed by atoms with Gasteiger partial charge in [0.25, 0.3) is 0 Å². The molecule has 0 aliphatic carbocycles. The average Bonchev–Trinajstić information content (AvgIpc) is 2.49. The SMILES string of the molecule is CC(C)N1C(=O)NC(C)(C)C1c1ccccc1. The van der Waals surface area contributed by atoms with Crippen molar-refractivity contribution in [2.45, 2.75) is 45.3 Å². The Labute approximate surface area is 103 Å². The van der Waals surface area contributed by atoms with Gasteiger partial charge in [-0.3, -0.25) is 0 Å². The van der Waals surface area contributed by atoms with Crippen LogP contribution in [0.2, 0.25) is 0 Å². The van der Waals surface area contributed by atoms with Crippen LogP contribution in [-0.4, -0.2) is 22.5 Å². The topological polar surface area (TPSA) is 32.3 Å². The van der Waals surface area contributed by atoms with Crippen LogP contribution in [0.4, 0.5) is 4.79 Å². The van der Waals surface area contributed by atoms with Gasteiger partial charge in [-0.2, -0.15) is 0 Å². The van der Waals surface area contributed by atoms with Crippen molar-refractivity contribution in [2.75, 3.05) is 0 Å². The largest absolute Gasteiger partial charge is 0.331 e. The summed E-state index contributed by atoms with van der Waals surface area (Å²) >= 11 is 0. The second-order valence-corrected chi connectivity index (χ2v) is 5.47. The van der Waals surface area contributed by atoms with Crippen LogP contribution in [0.25, 0.3) is 0 Å². The van der Waals surface area contributed by atoms with E-state index in [4.69, 9.17) is 0 Å². The van der Waals surface area contributed by atoms with E-state index in [-0.39, 0.29) is 23.7 Å². The molecule has 0 aromatic heterocycles. The van der Waals surface area contributed by atoms with E-state index in [1.165, 1.54) is 5.56 Å². The second kappa shape index (κ2) is 4.06. The number of rotatable bonds is 2.